The summed E-state index contributed by atoms with van der Waals surface area (Å²) in [6, 6.07) is -0.637. The van der Waals surface area contributed by atoms with Gasteiger partial charge in [-0.3, -0.25) is 0 Å². The normalized spacial score (nSPS) is 8.22. The zero-order valence-electron chi connectivity index (χ0n) is 5.21. The van der Waals surface area contributed by atoms with E-state index in [4.69, 9.17) is 5.11 Å². The second-order valence-electron chi connectivity index (χ2n) is 1.40. The van der Waals surface area contributed by atoms with E-state index in [1.807, 2.05) is 0 Å². The van der Waals surface area contributed by atoms with E-state index in [1.54, 1.807) is 0 Å². The molecule has 0 bridgehead atoms. The molecule has 0 saturated heterocycles. The van der Waals surface area contributed by atoms with Gasteiger partial charge >= 0.3 is 12.1 Å². The maximum atomic E-state index is 10.4. The highest BCUT2D eigenvalue weighted by Crippen LogP contribution is 1.81. The summed E-state index contributed by atoms with van der Waals surface area (Å²) < 4.78 is 0. The van der Waals surface area contributed by atoms with Gasteiger partial charge in [-0.05, 0) is 0 Å². The molecule has 3 amide bonds. The summed E-state index contributed by atoms with van der Waals surface area (Å²) in [6.45, 7) is 0. The molecule has 0 aliphatic heterocycles. The molecule has 5 nitrogen and oxygen atoms in total. The lowest BCUT2D eigenvalue weighted by molar-refractivity contribution is 0.157. The highest BCUT2D eigenvalue weighted by Gasteiger charge is 2.11. The second kappa shape index (κ2) is 2.91. The molecular weight excluding hydrogens is 124 g/mol. The predicted molar refractivity (Wildman–Crippen MR) is 30.2 cm³/mol. The minimum atomic E-state index is -1.27. The Morgan fingerprint density at radius 2 is 2.00 bits per heavy atom. The maximum Gasteiger partial charge on any atom is 0.415 e. The van der Waals surface area contributed by atoms with Crippen molar-refractivity contribution in [3.05, 3.63) is 0 Å². The Balaban J connectivity index is 3.88. The number of hydrogen-bond acceptors (Lipinski definition) is 2. The van der Waals surface area contributed by atoms with Crippen LogP contribution < -0.4 is 5.32 Å². The van der Waals surface area contributed by atoms with E-state index in [2.05, 4.69) is 5.32 Å². The topological polar surface area (TPSA) is 69.6 Å². The molecule has 0 saturated carbocycles. The molecule has 0 atom stereocenters. The summed E-state index contributed by atoms with van der Waals surface area (Å²) in [6.07, 6.45) is -1.27. The van der Waals surface area contributed by atoms with E-state index in [0.717, 1.165) is 0 Å². The standard InChI is InChI=1S/C4H8N2O3/c1-5-3(7)6(2)4(8)9/h1-2H3,(H,5,7)(H,8,9). The zero-order chi connectivity index (χ0) is 7.44. The van der Waals surface area contributed by atoms with E-state index < -0.39 is 12.1 Å². The molecular formula is C4H8N2O3. The van der Waals surface area contributed by atoms with E-state index in [9.17, 15) is 9.59 Å². The number of carbonyl (C=O) groups is 2. The van der Waals surface area contributed by atoms with Crippen molar-refractivity contribution in [2.75, 3.05) is 14.1 Å². The Morgan fingerprint density at radius 3 is 2.11 bits per heavy atom. The number of hydrogen-bond donors (Lipinski definition) is 2. The monoisotopic (exact) mass is 132 g/mol. The van der Waals surface area contributed by atoms with Crippen LogP contribution in [0, 0.1) is 0 Å². The third-order valence-corrected chi connectivity index (χ3v) is 0.805. The van der Waals surface area contributed by atoms with Crippen LogP contribution in [0.2, 0.25) is 0 Å². The van der Waals surface area contributed by atoms with Gasteiger partial charge in [0.1, 0.15) is 0 Å². The fourth-order valence-electron chi connectivity index (χ4n) is 0.255. The van der Waals surface area contributed by atoms with Crippen LogP contribution in [0.5, 0.6) is 0 Å². The van der Waals surface area contributed by atoms with Crippen molar-refractivity contribution < 1.29 is 14.7 Å². The number of carboxylic acid groups (broad SMARTS) is 1. The fraction of sp³-hybridized carbons (Fsp3) is 0.500. The summed E-state index contributed by atoms with van der Waals surface area (Å²) in [5.41, 5.74) is 0. The van der Waals surface area contributed by atoms with Crippen molar-refractivity contribution in [2.45, 2.75) is 0 Å². The van der Waals surface area contributed by atoms with E-state index in [-0.39, 0.29) is 0 Å². The molecule has 0 aliphatic rings. The predicted octanol–water partition coefficient (Wildman–Crippen LogP) is -0.0644. The first-order valence-electron chi connectivity index (χ1n) is 2.28. The average Bonchev–Trinajstić information content (AvgIpc) is 1.84. The molecule has 0 spiro atoms. The largest absolute Gasteiger partial charge is 0.465 e. The molecule has 2 N–H and O–H groups in total. The number of imide groups is 1. The molecule has 0 fully saturated rings. The number of rotatable bonds is 0. The van der Waals surface area contributed by atoms with Crippen LogP contribution in [-0.2, 0) is 0 Å². The number of urea groups is 1. The minimum Gasteiger partial charge on any atom is -0.465 e. The molecule has 0 aliphatic carbocycles. The molecule has 9 heavy (non-hydrogen) atoms. The van der Waals surface area contributed by atoms with Crippen molar-refractivity contribution in [1.29, 1.82) is 0 Å². The van der Waals surface area contributed by atoms with Crippen molar-refractivity contribution in [2.24, 2.45) is 0 Å². The molecule has 0 aromatic rings. The van der Waals surface area contributed by atoms with Crippen LogP contribution >= 0.6 is 0 Å². The number of amides is 3. The molecule has 5 heteroatoms. The van der Waals surface area contributed by atoms with E-state index >= 15 is 0 Å². The van der Waals surface area contributed by atoms with Crippen LogP contribution in [0.3, 0.4) is 0 Å². The van der Waals surface area contributed by atoms with Crippen LogP contribution in [0.15, 0.2) is 0 Å². The lowest BCUT2D eigenvalue weighted by Crippen LogP contribution is -2.38. The average molecular weight is 132 g/mol. The van der Waals surface area contributed by atoms with Crippen LogP contribution in [0.25, 0.3) is 0 Å². The van der Waals surface area contributed by atoms with E-state index in [0.29, 0.717) is 4.90 Å². The Kier molecular flexibility index (Phi) is 2.50. The SMILES string of the molecule is CNC(=O)N(C)C(=O)O. The van der Waals surface area contributed by atoms with Gasteiger partial charge in [0.15, 0.2) is 0 Å². The quantitative estimate of drug-likeness (QED) is 0.485. The van der Waals surface area contributed by atoms with Gasteiger partial charge < -0.3 is 10.4 Å². The van der Waals surface area contributed by atoms with Crippen molar-refractivity contribution in [1.82, 2.24) is 10.2 Å². The highest BCUT2D eigenvalue weighted by molar-refractivity contribution is 5.89. The smallest absolute Gasteiger partial charge is 0.415 e. The summed E-state index contributed by atoms with van der Waals surface area (Å²) in [4.78, 5) is 20.9. The van der Waals surface area contributed by atoms with Gasteiger partial charge in [0.25, 0.3) is 0 Å². The Bertz CT molecular complexity index is 134. The first kappa shape index (κ1) is 7.74. The summed E-state index contributed by atoms with van der Waals surface area (Å²) in [7, 11) is 2.53. The first-order valence-corrected chi connectivity index (χ1v) is 2.28. The van der Waals surface area contributed by atoms with Gasteiger partial charge in [-0.1, -0.05) is 0 Å². The van der Waals surface area contributed by atoms with Gasteiger partial charge in [0.2, 0.25) is 0 Å². The third-order valence-electron chi connectivity index (χ3n) is 0.805. The Hall–Kier alpha value is -1.26. The number of carbonyl (C=O) groups excluding carboxylic acids is 1. The number of nitrogens with one attached hydrogen (secondary N) is 1. The number of nitrogens with zero attached hydrogens (tertiary/aromatic N) is 1. The fourth-order valence-corrected chi connectivity index (χ4v) is 0.255. The second-order valence-corrected chi connectivity index (χ2v) is 1.40. The van der Waals surface area contributed by atoms with Crippen LogP contribution in [-0.4, -0.2) is 36.2 Å². The van der Waals surface area contributed by atoms with E-state index in [1.165, 1.54) is 14.1 Å². The van der Waals surface area contributed by atoms with Gasteiger partial charge in [-0.25, -0.2) is 14.5 Å². The van der Waals surface area contributed by atoms with Crippen molar-refractivity contribution >= 4 is 12.1 Å². The third kappa shape index (κ3) is 1.98. The molecule has 0 aromatic heterocycles. The first-order chi connectivity index (χ1) is 4.09. The summed E-state index contributed by atoms with van der Waals surface area (Å²) in [5.74, 6) is 0. The van der Waals surface area contributed by atoms with Gasteiger partial charge in [0, 0.05) is 14.1 Å². The molecule has 0 rings (SSSR count). The molecule has 0 heterocycles. The Labute approximate surface area is 52.3 Å². The molecule has 52 valence electrons. The molecule has 0 radical (unpaired) electrons. The van der Waals surface area contributed by atoms with Crippen LogP contribution in [0.4, 0.5) is 9.59 Å². The minimum absolute atomic E-state index is 0.556. The van der Waals surface area contributed by atoms with Gasteiger partial charge in [-0.15, -0.1) is 0 Å². The van der Waals surface area contributed by atoms with Gasteiger partial charge in [0.05, 0.1) is 0 Å². The highest BCUT2D eigenvalue weighted by atomic mass is 16.4. The molecule has 0 unspecified atom stereocenters. The van der Waals surface area contributed by atoms with Crippen molar-refractivity contribution in [3.8, 4) is 0 Å². The summed E-state index contributed by atoms with van der Waals surface area (Å²) in [5, 5.41) is 10.3. The lowest BCUT2D eigenvalue weighted by Gasteiger charge is -2.08. The maximum absolute atomic E-state index is 10.4. The molecule has 0 aromatic carbocycles. The summed E-state index contributed by atoms with van der Waals surface area (Å²) >= 11 is 0. The zero-order valence-corrected chi connectivity index (χ0v) is 5.21. The van der Waals surface area contributed by atoms with Crippen LogP contribution in [0.1, 0.15) is 0 Å². The lowest BCUT2D eigenvalue weighted by atomic mass is 10.8. The Morgan fingerprint density at radius 1 is 1.56 bits per heavy atom. The van der Waals surface area contributed by atoms with Gasteiger partial charge in [-0.2, -0.15) is 0 Å². The van der Waals surface area contributed by atoms with Crippen molar-refractivity contribution in [3.63, 3.8) is 0 Å².